The molecule has 0 aliphatic carbocycles. The van der Waals surface area contributed by atoms with Crippen molar-refractivity contribution in [2.75, 3.05) is 14.1 Å². The topological polar surface area (TPSA) is 37.4 Å². The molecule has 0 heterocycles. The lowest BCUT2D eigenvalue weighted by atomic mass is 10.1. The van der Waals surface area contributed by atoms with E-state index in [0.717, 1.165) is 0 Å². The fourth-order valence-electron chi connectivity index (χ4n) is 0.942. The van der Waals surface area contributed by atoms with Crippen molar-refractivity contribution in [2.24, 2.45) is 0 Å². The largest absolute Gasteiger partial charge is 0.345 e. The molecule has 0 aromatic heterocycles. The molecule has 3 heteroatoms. The van der Waals surface area contributed by atoms with Crippen LogP contribution >= 0.6 is 0 Å². The van der Waals surface area contributed by atoms with Crippen LogP contribution in [0.1, 0.15) is 6.92 Å². The van der Waals surface area contributed by atoms with Gasteiger partial charge in [0.15, 0.2) is 6.29 Å². The van der Waals surface area contributed by atoms with E-state index in [-0.39, 0.29) is 5.91 Å². The van der Waals surface area contributed by atoms with Gasteiger partial charge in [-0.2, -0.15) is 0 Å². The molecule has 76 valence electrons. The summed E-state index contributed by atoms with van der Waals surface area (Å²) in [5, 5.41) is 0. The Hall–Kier alpha value is -1.64. The Morgan fingerprint density at radius 2 is 1.93 bits per heavy atom. The molecule has 0 saturated carbocycles. The Kier molecular flexibility index (Phi) is 5.22. The molecule has 0 fully saturated rings. The van der Waals surface area contributed by atoms with Crippen LogP contribution in [-0.4, -0.2) is 31.2 Å². The van der Waals surface area contributed by atoms with E-state index in [1.165, 1.54) is 11.0 Å². The summed E-state index contributed by atoms with van der Waals surface area (Å²) in [6, 6.07) is 0. The molecule has 3 nitrogen and oxygen atoms in total. The molecule has 14 heavy (non-hydrogen) atoms. The summed E-state index contributed by atoms with van der Waals surface area (Å²) in [4.78, 5) is 23.7. The Morgan fingerprint density at radius 3 is 2.21 bits per heavy atom. The van der Waals surface area contributed by atoms with Crippen molar-refractivity contribution in [3.05, 3.63) is 36.0 Å². The quantitative estimate of drug-likeness (QED) is 0.384. The Bertz CT molecular complexity index is 298. The van der Waals surface area contributed by atoms with E-state index in [0.29, 0.717) is 17.4 Å². The number of allylic oxidation sites excluding steroid dienone is 3. The van der Waals surface area contributed by atoms with Crippen molar-refractivity contribution in [1.29, 1.82) is 0 Å². The van der Waals surface area contributed by atoms with Crippen LogP contribution in [0.2, 0.25) is 0 Å². The zero-order chi connectivity index (χ0) is 11.1. The molecule has 0 rings (SSSR count). The smallest absolute Gasteiger partial charge is 0.254 e. The molecule has 0 saturated heterocycles. The van der Waals surface area contributed by atoms with Crippen LogP contribution in [-0.2, 0) is 9.59 Å². The van der Waals surface area contributed by atoms with Crippen LogP contribution < -0.4 is 0 Å². The third kappa shape index (κ3) is 3.01. The third-order valence-corrected chi connectivity index (χ3v) is 1.62. The van der Waals surface area contributed by atoms with Crippen molar-refractivity contribution in [3.8, 4) is 0 Å². The first-order valence-electron chi connectivity index (χ1n) is 4.24. The van der Waals surface area contributed by atoms with Gasteiger partial charge in [0.1, 0.15) is 0 Å². The molecule has 0 radical (unpaired) electrons. The van der Waals surface area contributed by atoms with Gasteiger partial charge in [0.2, 0.25) is 0 Å². The van der Waals surface area contributed by atoms with Crippen molar-refractivity contribution < 1.29 is 9.59 Å². The maximum Gasteiger partial charge on any atom is 0.254 e. The zero-order valence-corrected chi connectivity index (χ0v) is 8.78. The molecule has 0 aromatic rings. The second-order valence-corrected chi connectivity index (χ2v) is 2.89. The number of likely N-dealkylation sites (N-methyl/N-ethyl adjacent to an activating group) is 1. The van der Waals surface area contributed by atoms with Crippen molar-refractivity contribution >= 4 is 12.2 Å². The van der Waals surface area contributed by atoms with Gasteiger partial charge in [0.25, 0.3) is 5.91 Å². The van der Waals surface area contributed by atoms with E-state index in [1.807, 2.05) is 0 Å². The maximum atomic E-state index is 11.6. The van der Waals surface area contributed by atoms with Crippen LogP contribution in [0.15, 0.2) is 36.0 Å². The van der Waals surface area contributed by atoms with E-state index < -0.39 is 0 Å². The lowest BCUT2D eigenvalue weighted by Gasteiger charge is -2.11. The predicted molar refractivity (Wildman–Crippen MR) is 56.8 cm³/mol. The molecule has 0 N–H and O–H groups in total. The van der Waals surface area contributed by atoms with Gasteiger partial charge in [0, 0.05) is 25.2 Å². The minimum absolute atomic E-state index is 0.222. The van der Waals surface area contributed by atoms with Gasteiger partial charge >= 0.3 is 0 Å². The molecule has 0 aliphatic heterocycles. The number of hydrogen-bond donors (Lipinski definition) is 0. The van der Waals surface area contributed by atoms with Gasteiger partial charge in [0.05, 0.1) is 0 Å². The van der Waals surface area contributed by atoms with Crippen LogP contribution in [0.5, 0.6) is 0 Å². The minimum Gasteiger partial charge on any atom is -0.345 e. The standard InChI is InChI=1S/C11H15NO2/c1-5-7-9(8-13)10(6-2)11(14)12(3)4/h5-8H,2H2,1,3-4H3/b7-5-,10-9-. The summed E-state index contributed by atoms with van der Waals surface area (Å²) < 4.78 is 0. The summed E-state index contributed by atoms with van der Waals surface area (Å²) in [7, 11) is 3.26. The van der Waals surface area contributed by atoms with E-state index in [4.69, 9.17) is 0 Å². The lowest BCUT2D eigenvalue weighted by Crippen LogP contribution is -2.23. The van der Waals surface area contributed by atoms with Crippen LogP contribution in [0, 0.1) is 0 Å². The third-order valence-electron chi connectivity index (χ3n) is 1.62. The summed E-state index contributed by atoms with van der Waals surface area (Å²) in [6.45, 7) is 5.30. The second-order valence-electron chi connectivity index (χ2n) is 2.89. The van der Waals surface area contributed by atoms with Gasteiger partial charge in [-0.3, -0.25) is 9.59 Å². The maximum absolute atomic E-state index is 11.6. The monoisotopic (exact) mass is 193 g/mol. The molecule has 0 bridgehead atoms. The van der Waals surface area contributed by atoms with E-state index in [1.54, 1.807) is 33.2 Å². The second kappa shape index (κ2) is 5.91. The number of nitrogens with zero attached hydrogens (tertiary/aromatic N) is 1. The molecule has 0 aliphatic rings. The normalized spacial score (nSPS) is 12.2. The molecule has 0 unspecified atom stereocenters. The van der Waals surface area contributed by atoms with E-state index >= 15 is 0 Å². The molecule has 0 aromatic carbocycles. The highest BCUT2D eigenvalue weighted by Gasteiger charge is 2.11. The molecular weight excluding hydrogens is 178 g/mol. The highest BCUT2D eigenvalue weighted by molar-refractivity contribution is 6.02. The average molecular weight is 193 g/mol. The van der Waals surface area contributed by atoms with E-state index in [2.05, 4.69) is 6.58 Å². The van der Waals surface area contributed by atoms with Crippen molar-refractivity contribution in [3.63, 3.8) is 0 Å². The fourth-order valence-corrected chi connectivity index (χ4v) is 0.942. The van der Waals surface area contributed by atoms with Crippen LogP contribution in [0.4, 0.5) is 0 Å². The van der Waals surface area contributed by atoms with Gasteiger partial charge < -0.3 is 4.90 Å². The highest BCUT2D eigenvalue weighted by atomic mass is 16.2. The van der Waals surface area contributed by atoms with Crippen LogP contribution in [0.25, 0.3) is 0 Å². The zero-order valence-electron chi connectivity index (χ0n) is 8.78. The lowest BCUT2D eigenvalue weighted by molar-refractivity contribution is -0.124. The van der Waals surface area contributed by atoms with Crippen molar-refractivity contribution in [1.82, 2.24) is 4.90 Å². The Balaban J connectivity index is 5.28. The van der Waals surface area contributed by atoms with Gasteiger partial charge in [-0.25, -0.2) is 0 Å². The number of aldehydes is 1. The van der Waals surface area contributed by atoms with Gasteiger partial charge in [-0.15, -0.1) is 0 Å². The first-order valence-corrected chi connectivity index (χ1v) is 4.24. The molecular formula is C11H15NO2. The minimum atomic E-state index is -0.222. The first kappa shape index (κ1) is 12.4. The predicted octanol–water partition coefficient (Wildman–Crippen LogP) is 1.33. The summed E-state index contributed by atoms with van der Waals surface area (Å²) in [5.41, 5.74) is 0.671. The fraction of sp³-hybridized carbons (Fsp3) is 0.273. The van der Waals surface area contributed by atoms with Gasteiger partial charge in [-0.1, -0.05) is 24.8 Å². The number of hydrogen-bond acceptors (Lipinski definition) is 2. The number of carbonyl (C=O) groups is 2. The number of rotatable bonds is 4. The molecule has 0 atom stereocenters. The highest BCUT2D eigenvalue weighted by Crippen LogP contribution is 2.08. The van der Waals surface area contributed by atoms with Gasteiger partial charge in [-0.05, 0) is 6.92 Å². The SMILES string of the molecule is C=C/C(C(=O)N(C)C)=C(C=O)\C=C/C. The number of amides is 1. The summed E-state index contributed by atoms with van der Waals surface area (Å²) >= 11 is 0. The first-order chi connectivity index (χ1) is 6.58. The summed E-state index contributed by atoms with van der Waals surface area (Å²) in [5.74, 6) is -0.222. The number of carbonyl (C=O) groups excluding carboxylic acids is 2. The Labute approximate surface area is 84.4 Å². The van der Waals surface area contributed by atoms with Crippen LogP contribution in [0.3, 0.4) is 0 Å². The Morgan fingerprint density at radius 1 is 1.36 bits per heavy atom. The van der Waals surface area contributed by atoms with Crippen molar-refractivity contribution in [2.45, 2.75) is 6.92 Å². The molecule has 0 spiro atoms. The van der Waals surface area contributed by atoms with E-state index in [9.17, 15) is 9.59 Å². The average Bonchev–Trinajstić information content (AvgIpc) is 2.17. The summed E-state index contributed by atoms with van der Waals surface area (Å²) in [6.07, 6.45) is 5.34. The molecule has 1 amide bonds.